The molecule has 1 fully saturated rings. The van der Waals surface area contributed by atoms with Crippen LogP contribution in [-0.2, 0) is 6.18 Å². The van der Waals surface area contributed by atoms with Gasteiger partial charge < -0.3 is 15.5 Å². The van der Waals surface area contributed by atoms with Crippen molar-refractivity contribution in [2.24, 2.45) is 0 Å². The Balaban J connectivity index is 1.39. The zero-order chi connectivity index (χ0) is 29.3. The van der Waals surface area contributed by atoms with E-state index in [1.807, 2.05) is 11.8 Å². The number of aromatic nitrogens is 4. The molecular weight excluding hydrogens is 553 g/mol. The molecule has 0 radical (unpaired) electrons. The van der Waals surface area contributed by atoms with Crippen molar-refractivity contribution in [3.05, 3.63) is 65.5 Å². The molecule has 1 saturated heterocycles. The Morgan fingerprint density at radius 2 is 1.83 bits per heavy atom. The van der Waals surface area contributed by atoms with Crippen LogP contribution >= 0.6 is 11.3 Å². The van der Waals surface area contributed by atoms with E-state index in [0.717, 1.165) is 40.8 Å². The number of amides is 1. The van der Waals surface area contributed by atoms with Crippen LogP contribution < -0.4 is 15.5 Å². The number of rotatable bonds is 7. The Bertz CT molecular complexity index is 1540. The summed E-state index contributed by atoms with van der Waals surface area (Å²) in [5, 5.41) is 14.9. The smallest absolute Gasteiger partial charge is 0.369 e. The van der Waals surface area contributed by atoms with Crippen molar-refractivity contribution < 1.29 is 18.0 Å². The molecule has 0 saturated carbocycles. The van der Waals surface area contributed by atoms with Gasteiger partial charge >= 0.3 is 6.18 Å². The van der Waals surface area contributed by atoms with Crippen LogP contribution in [0.25, 0.3) is 16.3 Å². The van der Waals surface area contributed by atoms with E-state index in [9.17, 15) is 18.0 Å². The predicted molar refractivity (Wildman–Crippen MR) is 155 cm³/mol. The summed E-state index contributed by atoms with van der Waals surface area (Å²) in [6.45, 7) is 8.80. The SMILES string of the molecule is CNc1ncc(-c2cn(-c3cc(C(=O)Nc4cc(N5CCN(C(C)C)CC5)cc(C(F)(F)F)c4)ccc3C)nn2)s1. The highest BCUT2D eigenvalue weighted by atomic mass is 32.1. The summed E-state index contributed by atoms with van der Waals surface area (Å²) >= 11 is 1.44. The highest BCUT2D eigenvalue weighted by molar-refractivity contribution is 7.18. The molecular formula is C28H31F3N8OS. The molecule has 0 bridgehead atoms. The number of carbonyl (C=O) groups is 1. The van der Waals surface area contributed by atoms with Crippen LogP contribution in [0.3, 0.4) is 0 Å². The van der Waals surface area contributed by atoms with Gasteiger partial charge in [-0.3, -0.25) is 9.69 Å². The van der Waals surface area contributed by atoms with E-state index >= 15 is 0 Å². The van der Waals surface area contributed by atoms with Crippen LogP contribution in [0.5, 0.6) is 0 Å². The van der Waals surface area contributed by atoms with Gasteiger partial charge in [-0.1, -0.05) is 22.6 Å². The monoisotopic (exact) mass is 584 g/mol. The second kappa shape index (κ2) is 11.5. The predicted octanol–water partition coefficient (Wildman–Crippen LogP) is 5.54. The van der Waals surface area contributed by atoms with Crippen LogP contribution in [0.15, 0.2) is 48.8 Å². The number of nitrogens with one attached hydrogen (secondary N) is 2. The van der Waals surface area contributed by atoms with Gasteiger partial charge in [-0.05, 0) is 56.7 Å². The molecule has 0 aliphatic carbocycles. The quantitative estimate of drug-likeness (QED) is 0.295. The first-order chi connectivity index (χ1) is 19.5. The third-order valence-electron chi connectivity index (χ3n) is 7.10. The van der Waals surface area contributed by atoms with Crippen molar-refractivity contribution in [1.29, 1.82) is 0 Å². The van der Waals surface area contributed by atoms with Gasteiger partial charge in [-0.25, -0.2) is 9.67 Å². The minimum absolute atomic E-state index is 0.0850. The molecule has 3 heterocycles. The Labute approximate surface area is 240 Å². The lowest BCUT2D eigenvalue weighted by Gasteiger charge is -2.38. The van der Waals surface area contributed by atoms with Gasteiger partial charge in [-0.2, -0.15) is 13.2 Å². The fraction of sp³-hybridized carbons (Fsp3) is 0.357. The van der Waals surface area contributed by atoms with E-state index in [1.165, 1.54) is 11.3 Å². The van der Waals surface area contributed by atoms with Gasteiger partial charge in [0.15, 0.2) is 5.13 Å². The maximum absolute atomic E-state index is 13.8. The van der Waals surface area contributed by atoms with Crippen molar-refractivity contribution in [3.63, 3.8) is 0 Å². The summed E-state index contributed by atoms with van der Waals surface area (Å²) in [4.78, 5) is 22.6. The number of alkyl halides is 3. The number of thiazole rings is 1. The summed E-state index contributed by atoms with van der Waals surface area (Å²) in [7, 11) is 1.79. The summed E-state index contributed by atoms with van der Waals surface area (Å²) in [5.74, 6) is -0.525. The number of hydrogen-bond donors (Lipinski definition) is 2. The standard InChI is InChI=1S/C28H31F3N8OS/c1-17(2)37-7-9-38(10-8-37)22-13-20(28(29,30)31)12-21(14-22)34-26(40)19-6-5-18(3)24(11-19)39-16-23(35-36-39)25-15-33-27(32-4)41-25/h5-6,11-17H,7-10H2,1-4H3,(H,32,33)(H,34,40). The minimum atomic E-state index is -4.55. The molecule has 1 aliphatic heterocycles. The number of anilines is 3. The molecule has 0 atom stereocenters. The molecule has 9 nitrogen and oxygen atoms in total. The first kappa shape index (κ1) is 28.6. The van der Waals surface area contributed by atoms with Gasteiger partial charge in [0, 0.05) is 62.4 Å². The number of carbonyl (C=O) groups excluding carboxylic acids is 1. The molecule has 0 unspecified atom stereocenters. The summed E-state index contributed by atoms with van der Waals surface area (Å²) < 4.78 is 43.0. The molecule has 2 aromatic carbocycles. The number of hydrogen-bond acceptors (Lipinski definition) is 8. The van der Waals surface area contributed by atoms with Crippen molar-refractivity contribution in [2.75, 3.05) is 48.8 Å². The molecule has 1 amide bonds. The molecule has 41 heavy (non-hydrogen) atoms. The Morgan fingerprint density at radius 1 is 1.07 bits per heavy atom. The van der Waals surface area contributed by atoms with E-state index in [-0.39, 0.29) is 11.3 Å². The van der Waals surface area contributed by atoms with Crippen molar-refractivity contribution >= 4 is 33.8 Å². The number of nitrogens with zero attached hydrogens (tertiary/aromatic N) is 6. The van der Waals surface area contributed by atoms with Crippen LogP contribution in [0, 0.1) is 6.92 Å². The average Bonchev–Trinajstić information content (AvgIpc) is 3.63. The average molecular weight is 585 g/mol. The topological polar surface area (TPSA) is 91.2 Å². The van der Waals surface area contributed by atoms with E-state index in [0.29, 0.717) is 36.2 Å². The first-order valence-electron chi connectivity index (χ1n) is 13.2. The third kappa shape index (κ3) is 6.35. The van der Waals surface area contributed by atoms with E-state index in [1.54, 1.807) is 48.4 Å². The minimum Gasteiger partial charge on any atom is -0.369 e. The fourth-order valence-corrected chi connectivity index (χ4v) is 5.45. The Kier molecular flexibility index (Phi) is 8.00. The van der Waals surface area contributed by atoms with Crippen molar-refractivity contribution in [1.82, 2.24) is 24.9 Å². The fourth-order valence-electron chi connectivity index (χ4n) is 4.73. The lowest BCUT2D eigenvalue weighted by molar-refractivity contribution is -0.137. The molecule has 2 aromatic heterocycles. The van der Waals surface area contributed by atoms with Crippen LogP contribution in [0.4, 0.5) is 29.7 Å². The van der Waals surface area contributed by atoms with E-state index in [4.69, 9.17) is 0 Å². The van der Waals surface area contributed by atoms with Gasteiger partial charge in [0.05, 0.1) is 22.3 Å². The maximum atomic E-state index is 13.8. The first-order valence-corrected chi connectivity index (χ1v) is 14.0. The molecule has 5 rings (SSSR count). The van der Waals surface area contributed by atoms with Gasteiger partial charge in [0.1, 0.15) is 5.69 Å². The summed E-state index contributed by atoms with van der Waals surface area (Å²) in [5.41, 5.74) is 2.10. The van der Waals surface area contributed by atoms with Crippen LogP contribution in [0.1, 0.15) is 35.3 Å². The third-order valence-corrected chi connectivity index (χ3v) is 8.13. The largest absolute Gasteiger partial charge is 0.416 e. The second-order valence-corrected chi connectivity index (χ2v) is 11.2. The normalized spacial score (nSPS) is 14.5. The van der Waals surface area contributed by atoms with Crippen molar-refractivity contribution in [2.45, 2.75) is 33.0 Å². The van der Waals surface area contributed by atoms with Crippen LogP contribution in [0.2, 0.25) is 0 Å². The molecule has 13 heteroatoms. The molecule has 216 valence electrons. The molecule has 2 N–H and O–H groups in total. The summed E-state index contributed by atoms with van der Waals surface area (Å²) in [6, 6.07) is 9.14. The lowest BCUT2D eigenvalue weighted by Crippen LogP contribution is -2.49. The Hall–Kier alpha value is -3.97. The van der Waals surface area contributed by atoms with Crippen molar-refractivity contribution in [3.8, 4) is 16.3 Å². The Morgan fingerprint density at radius 3 is 2.49 bits per heavy atom. The van der Waals surface area contributed by atoms with E-state index in [2.05, 4.69) is 44.7 Å². The molecule has 1 aliphatic rings. The van der Waals surface area contributed by atoms with E-state index < -0.39 is 17.6 Å². The molecule has 4 aromatic rings. The lowest BCUT2D eigenvalue weighted by atomic mass is 10.1. The van der Waals surface area contributed by atoms with Gasteiger partial charge in [0.25, 0.3) is 5.91 Å². The number of aryl methyl sites for hydroxylation is 1. The maximum Gasteiger partial charge on any atom is 0.416 e. The van der Waals surface area contributed by atoms with Gasteiger partial charge in [-0.15, -0.1) is 5.10 Å². The zero-order valence-electron chi connectivity index (χ0n) is 23.2. The second-order valence-electron chi connectivity index (χ2n) is 10.2. The highest BCUT2D eigenvalue weighted by Crippen LogP contribution is 2.35. The van der Waals surface area contributed by atoms with Gasteiger partial charge in [0.2, 0.25) is 0 Å². The van der Waals surface area contributed by atoms with Crippen LogP contribution in [-0.4, -0.2) is 70.1 Å². The highest BCUT2D eigenvalue weighted by Gasteiger charge is 2.32. The molecule has 0 spiro atoms. The number of halogens is 3. The zero-order valence-corrected chi connectivity index (χ0v) is 24.0. The number of piperazine rings is 1. The summed E-state index contributed by atoms with van der Waals surface area (Å²) in [6.07, 6.45) is -1.10. The number of benzene rings is 2.